The van der Waals surface area contributed by atoms with Crippen molar-refractivity contribution >= 4 is 32.8 Å². The summed E-state index contributed by atoms with van der Waals surface area (Å²) in [5, 5.41) is 12.9. The van der Waals surface area contributed by atoms with Gasteiger partial charge in [-0.2, -0.15) is 0 Å². The summed E-state index contributed by atoms with van der Waals surface area (Å²) in [7, 11) is -3.33. The van der Waals surface area contributed by atoms with Crippen LogP contribution in [0.5, 0.6) is 0 Å². The molecule has 0 aliphatic carbocycles. The van der Waals surface area contributed by atoms with Gasteiger partial charge in [0.2, 0.25) is 10.0 Å². The number of benzene rings is 2. The van der Waals surface area contributed by atoms with Crippen molar-refractivity contribution in [3.05, 3.63) is 54.2 Å². The van der Waals surface area contributed by atoms with Crippen LogP contribution in [0.25, 0.3) is 22.0 Å². The Morgan fingerprint density at radius 2 is 1.96 bits per heavy atom. The van der Waals surface area contributed by atoms with Crippen LogP contribution in [0.4, 0.5) is 5.69 Å². The van der Waals surface area contributed by atoms with Gasteiger partial charge in [-0.25, -0.2) is 8.42 Å². The molecule has 0 radical (unpaired) electrons. The molecule has 7 heteroatoms. The van der Waals surface area contributed by atoms with Crippen molar-refractivity contribution in [2.24, 2.45) is 5.16 Å². The Bertz CT molecular complexity index is 1080. The Hall–Kier alpha value is -2.80. The van der Waals surface area contributed by atoms with Gasteiger partial charge in [0.15, 0.2) is 0 Å². The van der Waals surface area contributed by atoms with Crippen LogP contribution in [-0.2, 0) is 10.0 Å². The summed E-state index contributed by atoms with van der Waals surface area (Å²) in [5.74, 6) is 0. The number of rotatable bonds is 5. The monoisotopic (exact) mass is 371 g/mol. The molecule has 0 fully saturated rings. The van der Waals surface area contributed by atoms with Gasteiger partial charge < -0.3 is 9.77 Å². The van der Waals surface area contributed by atoms with Crippen LogP contribution in [0.15, 0.2) is 53.8 Å². The molecule has 6 nitrogen and oxygen atoms in total. The summed E-state index contributed by atoms with van der Waals surface area (Å²) in [4.78, 5) is 0. The molecule has 0 amide bonds. The van der Waals surface area contributed by atoms with E-state index in [1.165, 1.54) is 6.21 Å². The molecule has 3 rings (SSSR count). The van der Waals surface area contributed by atoms with E-state index in [1.807, 2.05) is 36.4 Å². The fraction of sp³-hybridized carbons (Fsp3) is 0.211. The van der Waals surface area contributed by atoms with Crippen LogP contribution >= 0.6 is 0 Å². The second-order valence-electron chi connectivity index (χ2n) is 6.52. The van der Waals surface area contributed by atoms with Gasteiger partial charge in [-0.3, -0.25) is 4.72 Å². The van der Waals surface area contributed by atoms with Gasteiger partial charge in [-0.1, -0.05) is 29.4 Å². The van der Waals surface area contributed by atoms with Gasteiger partial charge >= 0.3 is 0 Å². The molecule has 0 bridgehead atoms. The molecule has 2 N–H and O–H groups in total. The zero-order chi connectivity index (χ0) is 18.9. The topological polar surface area (TPSA) is 83.7 Å². The smallest absolute Gasteiger partial charge is 0.229 e. The lowest BCUT2D eigenvalue weighted by atomic mass is 10.0. The van der Waals surface area contributed by atoms with Crippen molar-refractivity contribution in [2.45, 2.75) is 19.9 Å². The molecule has 1 heterocycles. The Morgan fingerprint density at radius 3 is 2.62 bits per heavy atom. The Balaban J connectivity index is 2.19. The minimum absolute atomic E-state index is 0.210. The first-order valence-electron chi connectivity index (χ1n) is 8.19. The SMILES string of the molecule is CC(C)n1cc(-c2cccc(/C=N\O)c2)c2ccc(NS(C)(=O)=O)cc21. The van der Waals surface area contributed by atoms with E-state index >= 15 is 0 Å². The second-order valence-corrected chi connectivity index (χ2v) is 8.27. The highest BCUT2D eigenvalue weighted by Crippen LogP contribution is 2.34. The molecule has 0 saturated carbocycles. The van der Waals surface area contributed by atoms with Crippen LogP contribution in [0.1, 0.15) is 25.5 Å². The molecule has 3 aromatic rings. The number of nitrogens with zero attached hydrogens (tertiary/aromatic N) is 2. The maximum Gasteiger partial charge on any atom is 0.229 e. The Labute approximate surface area is 152 Å². The summed E-state index contributed by atoms with van der Waals surface area (Å²) in [6, 6.07) is 13.4. The first-order valence-corrected chi connectivity index (χ1v) is 10.1. The lowest BCUT2D eigenvalue weighted by Crippen LogP contribution is -2.09. The number of nitrogens with one attached hydrogen (secondary N) is 1. The van der Waals surface area contributed by atoms with Crippen LogP contribution in [0, 0.1) is 0 Å². The van der Waals surface area contributed by atoms with Crippen molar-refractivity contribution < 1.29 is 13.6 Å². The maximum atomic E-state index is 11.5. The number of oxime groups is 1. The highest BCUT2D eigenvalue weighted by Gasteiger charge is 2.14. The minimum atomic E-state index is -3.33. The molecule has 0 spiro atoms. The number of fused-ring (bicyclic) bond motifs is 1. The van der Waals surface area contributed by atoms with E-state index in [0.29, 0.717) is 5.69 Å². The molecular formula is C19H21N3O3S. The first-order chi connectivity index (χ1) is 12.3. The molecule has 0 aliphatic rings. The largest absolute Gasteiger partial charge is 0.411 e. The van der Waals surface area contributed by atoms with Gasteiger partial charge in [0.05, 0.1) is 23.7 Å². The summed E-state index contributed by atoms with van der Waals surface area (Å²) in [6.07, 6.45) is 4.59. The highest BCUT2D eigenvalue weighted by molar-refractivity contribution is 7.92. The fourth-order valence-electron chi connectivity index (χ4n) is 3.04. The number of hydrogen-bond donors (Lipinski definition) is 2. The molecule has 2 aromatic carbocycles. The lowest BCUT2D eigenvalue weighted by molar-refractivity contribution is 0.322. The average molecular weight is 371 g/mol. The molecular weight excluding hydrogens is 350 g/mol. The molecule has 0 unspecified atom stereocenters. The van der Waals surface area contributed by atoms with E-state index in [0.717, 1.165) is 33.8 Å². The van der Waals surface area contributed by atoms with Crippen molar-refractivity contribution in [1.82, 2.24) is 4.57 Å². The predicted octanol–water partition coefficient (Wildman–Crippen LogP) is 4.07. The molecule has 0 atom stereocenters. The average Bonchev–Trinajstić information content (AvgIpc) is 2.93. The number of sulfonamides is 1. The first kappa shape index (κ1) is 18.0. The third kappa shape index (κ3) is 3.72. The maximum absolute atomic E-state index is 11.5. The third-order valence-corrected chi connectivity index (χ3v) is 4.70. The Kier molecular flexibility index (Phi) is 4.73. The van der Waals surface area contributed by atoms with Crippen molar-refractivity contribution in [1.29, 1.82) is 0 Å². The number of hydrogen-bond acceptors (Lipinski definition) is 4. The van der Waals surface area contributed by atoms with Crippen LogP contribution in [0.3, 0.4) is 0 Å². The van der Waals surface area contributed by atoms with Crippen molar-refractivity contribution in [3.8, 4) is 11.1 Å². The number of aromatic nitrogens is 1. The summed E-state index contributed by atoms with van der Waals surface area (Å²) in [6.45, 7) is 4.16. The Morgan fingerprint density at radius 1 is 1.19 bits per heavy atom. The van der Waals surface area contributed by atoms with Gasteiger partial charge in [-0.15, -0.1) is 0 Å². The van der Waals surface area contributed by atoms with E-state index in [-0.39, 0.29) is 6.04 Å². The standard InChI is InChI=1S/C19H21N3O3S/c1-13(2)22-12-18(15-6-4-5-14(9-15)11-20-23)17-8-7-16(10-19(17)22)21-26(3,24)25/h4-13,21,23H,1-3H3/b20-11-. The van der Waals surface area contributed by atoms with Gasteiger partial charge in [0.25, 0.3) is 0 Å². The third-order valence-electron chi connectivity index (χ3n) is 4.10. The zero-order valence-electron chi connectivity index (χ0n) is 14.8. The van der Waals surface area contributed by atoms with Gasteiger partial charge in [-0.05, 0) is 43.2 Å². The predicted molar refractivity (Wildman–Crippen MR) is 106 cm³/mol. The fourth-order valence-corrected chi connectivity index (χ4v) is 3.59. The van der Waals surface area contributed by atoms with Crippen LogP contribution < -0.4 is 4.72 Å². The minimum Gasteiger partial charge on any atom is -0.411 e. The van der Waals surface area contributed by atoms with Crippen molar-refractivity contribution in [2.75, 3.05) is 11.0 Å². The van der Waals surface area contributed by atoms with E-state index in [4.69, 9.17) is 5.21 Å². The summed E-state index contributed by atoms with van der Waals surface area (Å²) in [5.41, 5.74) is 4.31. The molecule has 0 aliphatic heterocycles. The van der Waals surface area contributed by atoms with Crippen LogP contribution in [0.2, 0.25) is 0 Å². The molecule has 26 heavy (non-hydrogen) atoms. The molecule has 1 aromatic heterocycles. The van der Waals surface area contributed by atoms with Gasteiger partial charge in [0.1, 0.15) is 0 Å². The van der Waals surface area contributed by atoms with E-state index < -0.39 is 10.0 Å². The van der Waals surface area contributed by atoms with E-state index in [2.05, 4.69) is 34.5 Å². The van der Waals surface area contributed by atoms with E-state index in [9.17, 15) is 8.42 Å². The van der Waals surface area contributed by atoms with Crippen molar-refractivity contribution in [3.63, 3.8) is 0 Å². The zero-order valence-corrected chi connectivity index (χ0v) is 15.7. The quantitative estimate of drug-likeness (QED) is 0.403. The van der Waals surface area contributed by atoms with Crippen LogP contribution in [-0.4, -0.2) is 30.7 Å². The normalized spacial score (nSPS) is 12.3. The summed E-state index contributed by atoms with van der Waals surface area (Å²) >= 11 is 0. The number of anilines is 1. The second kappa shape index (κ2) is 6.84. The highest BCUT2D eigenvalue weighted by atomic mass is 32.2. The summed E-state index contributed by atoms with van der Waals surface area (Å²) < 4.78 is 27.7. The molecule has 0 saturated heterocycles. The lowest BCUT2D eigenvalue weighted by Gasteiger charge is -2.10. The van der Waals surface area contributed by atoms with E-state index in [1.54, 1.807) is 6.07 Å². The van der Waals surface area contributed by atoms with Gasteiger partial charge in [0, 0.05) is 23.2 Å². The molecule has 136 valence electrons.